The van der Waals surface area contributed by atoms with Gasteiger partial charge in [-0.3, -0.25) is 19.2 Å². The lowest BCUT2D eigenvalue weighted by Gasteiger charge is -2.19. The van der Waals surface area contributed by atoms with Gasteiger partial charge in [0.2, 0.25) is 0 Å². The molecule has 0 spiro atoms. The molecule has 1 saturated heterocycles. The molecule has 0 unspecified atom stereocenters. The Bertz CT molecular complexity index is 734. The molecular formula is C18H24N4OS. The Balaban J connectivity index is 1.55. The minimum absolute atomic E-state index is 0.118. The summed E-state index contributed by atoms with van der Waals surface area (Å²) in [5, 5.41) is 2.12. The van der Waals surface area contributed by atoms with Crippen molar-refractivity contribution in [2.24, 2.45) is 0 Å². The average molecular weight is 344 g/mol. The zero-order chi connectivity index (χ0) is 16.4. The lowest BCUT2D eigenvalue weighted by Crippen LogP contribution is -2.29. The zero-order valence-corrected chi connectivity index (χ0v) is 14.8. The van der Waals surface area contributed by atoms with E-state index in [4.69, 9.17) is 4.98 Å². The van der Waals surface area contributed by atoms with Crippen LogP contribution in [0.25, 0.3) is 0 Å². The smallest absolute Gasteiger partial charge is 0.253 e. The molecule has 0 N–H and O–H groups in total. The maximum Gasteiger partial charge on any atom is 0.253 e. The van der Waals surface area contributed by atoms with Crippen LogP contribution in [-0.4, -0.2) is 39.0 Å². The molecule has 2 aromatic heterocycles. The van der Waals surface area contributed by atoms with Crippen LogP contribution in [0.1, 0.15) is 35.7 Å². The van der Waals surface area contributed by atoms with Gasteiger partial charge in [0.05, 0.1) is 12.2 Å². The van der Waals surface area contributed by atoms with E-state index in [0.29, 0.717) is 0 Å². The Kier molecular flexibility index (Phi) is 4.78. The average Bonchev–Trinajstić information content (AvgIpc) is 3.20. The molecule has 2 aliphatic rings. The Hall–Kier alpha value is -1.50. The van der Waals surface area contributed by atoms with Crippen molar-refractivity contribution in [1.82, 2.24) is 19.4 Å². The van der Waals surface area contributed by atoms with Gasteiger partial charge in [-0.05, 0) is 43.8 Å². The Morgan fingerprint density at radius 1 is 1.04 bits per heavy atom. The van der Waals surface area contributed by atoms with Crippen LogP contribution in [0.4, 0.5) is 0 Å². The second-order valence-electron chi connectivity index (χ2n) is 6.78. The normalized spacial score (nSPS) is 19.3. The standard InChI is InChI=1S/C18H24N4OS/c23-18-11-15(12-20-6-1-2-7-20)19-17-14-21(8-4-9-22(17)18)13-16-5-3-10-24-16/h3,5,10-11H,1-2,4,6-9,12-14H2. The van der Waals surface area contributed by atoms with Gasteiger partial charge < -0.3 is 0 Å². The number of aromatic nitrogens is 2. The molecule has 128 valence electrons. The molecule has 2 aliphatic heterocycles. The van der Waals surface area contributed by atoms with Gasteiger partial charge in [-0.15, -0.1) is 11.3 Å². The summed E-state index contributed by atoms with van der Waals surface area (Å²) >= 11 is 1.80. The number of nitrogens with zero attached hydrogens (tertiary/aromatic N) is 4. The van der Waals surface area contributed by atoms with E-state index in [-0.39, 0.29) is 5.56 Å². The minimum atomic E-state index is 0.118. The molecule has 2 aromatic rings. The molecule has 5 nitrogen and oxygen atoms in total. The SMILES string of the molecule is O=c1cc(CN2CCCC2)nc2n1CCCN(Cc1cccs1)C2. The molecule has 0 aliphatic carbocycles. The number of fused-ring (bicyclic) bond motifs is 1. The first kappa shape index (κ1) is 16.0. The predicted molar refractivity (Wildman–Crippen MR) is 96.1 cm³/mol. The van der Waals surface area contributed by atoms with E-state index in [1.807, 2.05) is 4.57 Å². The van der Waals surface area contributed by atoms with Crippen molar-refractivity contribution in [3.05, 3.63) is 50.3 Å². The lowest BCUT2D eigenvalue weighted by atomic mass is 10.3. The number of rotatable bonds is 4. The van der Waals surface area contributed by atoms with Gasteiger partial charge in [-0.2, -0.15) is 0 Å². The topological polar surface area (TPSA) is 41.4 Å². The maximum atomic E-state index is 12.5. The first-order chi connectivity index (χ1) is 11.8. The molecule has 6 heteroatoms. The van der Waals surface area contributed by atoms with Crippen LogP contribution in [0.3, 0.4) is 0 Å². The summed E-state index contributed by atoms with van der Waals surface area (Å²) in [5.41, 5.74) is 1.05. The van der Waals surface area contributed by atoms with E-state index >= 15 is 0 Å². The maximum absolute atomic E-state index is 12.5. The lowest BCUT2D eigenvalue weighted by molar-refractivity contribution is 0.259. The summed E-state index contributed by atoms with van der Waals surface area (Å²) in [4.78, 5) is 23.6. The highest BCUT2D eigenvalue weighted by Gasteiger charge is 2.19. The highest BCUT2D eigenvalue weighted by atomic mass is 32.1. The summed E-state index contributed by atoms with van der Waals surface area (Å²) in [6, 6.07) is 6.03. The predicted octanol–water partition coefficient (Wildman–Crippen LogP) is 2.31. The second kappa shape index (κ2) is 7.17. The van der Waals surface area contributed by atoms with Crippen LogP contribution in [0.15, 0.2) is 28.4 Å². The molecular weight excluding hydrogens is 320 g/mol. The van der Waals surface area contributed by atoms with Crippen molar-refractivity contribution in [1.29, 1.82) is 0 Å². The van der Waals surface area contributed by atoms with Gasteiger partial charge in [0.1, 0.15) is 5.82 Å². The van der Waals surface area contributed by atoms with Crippen LogP contribution in [0.2, 0.25) is 0 Å². The van der Waals surface area contributed by atoms with E-state index in [1.54, 1.807) is 17.4 Å². The Morgan fingerprint density at radius 3 is 2.67 bits per heavy atom. The van der Waals surface area contributed by atoms with E-state index in [1.165, 1.54) is 17.7 Å². The third kappa shape index (κ3) is 3.61. The van der Waals surface area contributed by atoms with E-state index in [0.717, 1.165) is 63.8 Å². The van der Waals surface area contributed by atoms with E-state index in [2.05, 4.69) is 27.3 Å². The Morgan fingerprint density at radius 2 is 1.88 bits per heavy atom. The molecule has 0 saturated carbocycles. The molecule has 0 amide bonds. The number of thiophene rings is 1. The van der Waals surface area contributed by atoms with Crippen molar-refractivity contribution in [3.8, 4) is 0 Å². The molecule has 1 fully saturated rings. The third-order valence-electron chi connectivity index (χ3n) is 4.91. The van der Waals surface area contributed by atoms with Crippen molar-refractivity contribution < 1.29 is 0 Å². The van der Waals surface area contributed by atoms with Crippen molar-refractivity contribution in [2.45, 2.75) is 45.4 Å². The molecule has 4 rings (SSSR count). The minimum Gasteiger partial charge on any atom is -0.298 e. The second-order valence-corrected chi connectivity index (χ2v) is 7.81. The third-order valence-corrected chi connectivity index (χ3v) is 5.77. The van der Waals surface area contributed by atoms with Gasteiger partial charge in [0, 0.05) is 37.1 Å². The number of hydrogen-bond donors (Lipinski definition) is 0. The van der Waals surface area contributed by atoms with Gasteiger partial charge in [-0.1, -0.05) is 6.07 Å². The first-order valence-electron chi connectivity index (χ1n) is 8.85. The fraction of sp³-hybridized carbons (Fsp3) is 0.556. The molecule has 4 heterocycles. The van der Waals surface area contributed by atoms with Gasteiger partial charge in [0.15, 0.2) is 0 Å². The summed E-state index contributed by atoms with van der Waals surface area (Å²) in [7, 11) is 0. The fourth-order valence-electron chi connectivity index (χ4n) is 3.71. The van der Waals surface area contributed by atoms with Crippen LogP contribution in [0, 0.1) is 0 Å². The van der Waals surface area contributed by atoms with Gasteiger partial charge in [-0.25, -0.2) is 4.98 Å². The highest BCUT2D eigenvalue weighted by Crippen LogP contribution is 2.17. The van der Waals surface area contributed by atoms with E-state index < -0.39 is 0 Å². The highest BCUT2D eigenvalue weighted by molar-refractivity contribution is 7.09. The molecule has 0 aromatic carbocycles. The Labute approximate surface area is 146 Å². The van der Waals surface area contributed by atoms with Crippen LogP contribution < -0.4 is 5.56 Å². The number of hydrogen-bond acceptors (Lipinski definition) is 5. The summed E-state index contributed by atoms with van der Waals surface area (Å²) < 4.78 is 1.88. The molecule has 0 radical (unpaired) electrons. The molecule has 24 heavy (non-hydrogen) atoms. The quantitative estimate of drug-likeness (QED) is 0.853. The number of likely N-dealkylation sites (tertiary alicyclic amines) is 1. The zero-order valence-electron chi connectivity index (χ0n) is 14.0. The van der Waals surface area contributed by atoms with Crippen molar-refractivity contribution >= 4 is 11.3 Å². The summed E-state index contributed by atoms with van der Waals surface area (Å²) in [6.45, 7) is 6.59. The summed E-state index contributed by atoms with van der Waals surface area (Å²) in [6.07, 6.45) is 3.53. The largest absolute Gasteiger partial charge is 0.298 e. The van der Waals surface area contributed by atoms with Crippen LogP contribution in [0.5, 0.6) is 0 Å². The molecule has 0 bridgehead atoms. The van der Waals surface area contributed by atoms with Crippen molar-refractivity contribution in [2.75, 3.05) is 19.6 Å². The van der Waals surface area contributed by atoms with Gasteiger partial charge in [0.25, 0.3) is 5.56 Å². The fourth-order valence-corrected chi connectivity index (χ4v) is 4.45. The first-order valence-corrected chi connectivity index (χ1v) is 9.72. The summed E-state index contributed by atoms with van der Waals surface area (Å²) in [5.74, 6) is 0.936. The van der Waals surface area contributed by atoms with E-state index in [9.17, 15) is 4.79 Å². The van der Waals surface area contributed by atoms with Gasteiger partial charge >= 0.3 is 0 Å². The van der Waals surface area contributed by atoms with Crippen LogP contribution >= 0.6 is 11.3 Å². The molecule has 0 atom stereocenters. The monoisotopic (exact) mass is 344 g/mol. The van der Waals surface area contributed by atoms with Crippen LogP contribution in [-0.2, 0) is 26.2 Å². The van der Waals surface area contributed by atoms with Crippen molar-refractivity contribution in [3.63, 3.8) is 0 Å².